The van der Waals surface area contributed by atoms with Crippen LogP contribution in [-0.4, -0.2) is 14.9 Å². The zero-order valence-corrected chi connectivity index (χ0v) is 12.7. The Balaban J connectivity index is 2.17. The molecule has 1 aromatic carbocycles. The van der Waals surface area contributed by atoms with Crippen LogP contribution in [0, 0.1) is 20.8 Å². The van der Waals surface area contributed by atoms with Gasteiger partial charge < -0.3 is 5.84 Å². The molecule has 4 nitrogen and oxygen atoms in total. The number of nitrogen functional groups attached to an aromatic ring is 1. The Kier molecular flexibility index (Phi) is 4.14. The molecule has 0 aliphatic heterocycles. The fraction of sp³-hybridized carbons (Fsp3) is 0.429. The maximum Gasteiger partial charge on any atom is 0.210 e. The van der Waals surface area contributed by atoms with Crippen LogP contribution >= 0.6 is 11.8 Å². The van der Waals surface area contributed by atoms with Gasteiger partial charge in [0, 0.05) is 12.2 Å². The summed E-state index contributed by atoms with van der Waals surface area (Å²) in [5.41, 5.74) is 5.31. The molecule has 0 radical (unpaired) electrons. The van der Waals surface area contributed by atoms with E-state index in [4.69, 9.17) is 5.84 Å². The molecule has 0 bridgehead atoms. The first-order valence-electron chi connectivity index (χ1n) is 6.41. The van der Waals surface area contributed by atoms with Crippen molar-refractivity contribution < 1.29 is 0 Å². The van der Waals surface area contributed by atoms with Crippen LogP contribution in [0.3, 0.4) is 0 Å². The second kappa shape index (κ2) is 5.65. The van der Waals surface area contributed by atoms with Crippen LogP contribution < -0.4 is 5.84 Å². The van der Waals surface area contributed by atoms with Gasteiger partial charge in [0.25, 0.3) is 0 Å². The fourth-order valence-electron chi connectivity index (χ4n) is 2.22. The Hall–Kier alpha value is -1.49. The normalized spacial score (nSPS) is 10.9. The lowest BCUT2D eigenvalue weighted by molar-refractivity contribution is 0.796. The summed E-state index contributed by atoms with van der Waals surface area (Å²) in [4.78, 5) is 0. The minimum atomic E-state index is 0.774. The SMILES string of the molecule is CCc1nnc(SCc2c(C)cc(C)cc2C)n1N. The molecule has 1 heterocycles. The molecule has 0 saturated carbocycles. The summed E-state index contributed by atoms with van der Waals surface area (Å²) in [6, 6.07) is 4.43. The van der Waals surface area contributed by atoms with Crippen molar-refractivity contribution in [2.45, 2.75) is 45.0 Å². The molecule has 102 valence electrons. The van der Waals surface area contributed by atoms with Gasteiger partial charge in [0.15, 0.2) is 5.82 Å². The lowest BCUT2D eigenvalue weighted by Gasteiger charge is -2.10. The molecule has 0 spiro atoms. The molecule has 0 fully saturated rings. The molecule has 2 rings (SSSR count). The first kappa shape index (κ1) is 13.9. The zero-order valence-electron chi connectivity index (χ0n) is 11.9. The molecule has 0 saturated heterocycles. The third kappa shape index (κ3) is 2.92. The maximum atomic E-state index is 5.95. The largest absolute Gasteiger partial charge is 0.336 e. The van der Waals surface area contributed by atoms with E-state index in [-0.39, 0.29) is 0 Å². The highest BCUT2D eigenvalue weighted by molar-refractivity contribution is 7.98. The smallest absolute Gasteiger partial charge is 0.210 e. The van der Waals surface area contributed by atoms with E-state index in [2.05, 4.69) is 43.1 Å². The number of benzene rings is 1. The molecule has 0 unspecified atom stereocenters. The van der Waals surface area contributed by atoms with Gasteiger partial charge in [-0.1, -0.05) is 36.4 Å². The van der Waals surface area contributed by atoms with Crippen LogP contribution in [0.2, 0.25) is 0 Å². The highest BCUT2D eigenvalue weighted by Crippen LogP contribution is 2.25. The Morgan fingerprint density at radius 1 is 1.16 bits per heavy atom. The van der Waals surface area contributed by atoms with E-state index in [1.54, 1.807) is 16.4 Å². The van der Waals surface area contributed by atoms with Crippen molar-refractivity contribution in [3.05, 3.63) is 40.2 Å². The summed E-state index contributed by atoms with van der Waals surface area (Å²) in [6.45, 7) is 8.46. The average Bonchev–Trinajstić information content (AvgIpc) is 2.69. The lowest BCUT2D eigenvalue weighted by Crippen LogP contribution is -2.13. The Morgan fingerprint density at radius 2 is 1.79 bits per heavy atom. The molecule has 0 aliphatic rings. The van der Waals surface area contributed by atoms with Crippen molar-refractivity contribution in [1.29, 1.82) is 0 Å². The van der Waals surface area contributed by atoms with E-state index in [0.717, 1.165) is 23.2 Å². The van der Waals surface area contributed by atoms with Crippen LogP contribution in [-0.2, 0) is 12.2 Å². The summed E-state index contributed by atoms with van der Waals surface area (Å²) in [7, 11) is 0. The number of nitrogens with two attached hydrogens (primary N) is 1. The van der Waals surface area contributed by atoms with E-state index < -0.39 is 0 Å². The van der Waals surface area contributed by atoms with E-state index in [1.807, 2.05) is 6.92 Å². The van der Waals surface area contributed by atoms with Crippen molar-refractivity contribution in [3.63, 3.8) is 0 Å². The molecule has 1 aromatic heterocycles. The molecular formula is C14H20N4S. The highest BCUT2D eigenvalue weighted by atomic mass is 32.2. The number of hydrogen-bond acceptors (Lipinski definition) is 4. The van der Waals surface area contributed by atoms with E-state index in [9.17, 15) is 0 Å². The van der Waals surface area contributed by atoms with Gasteiger partial charge in [0.05, 0.1) is 0 Å². The second-order valence-corrected chi connectivity index (χ2v) is 5.73. The van der Waals surface area contributed by atoms with Crippen molar-refractivity contribution in [2.24, 2.45) is 0 Å². The molecule has 19 heavy (non-hydrogen) atoms. The number of nitrogens with zero attached hydrogens (tertiary/aromatic N) is 3. The Bertz CT molecular complexity index is 566. The van der Waals surface area contributed by atoms with Crippen LogP contribution in [0.5, 0.6) is 0 Å². The standard InChI is InChI=1S/C14H20N4S/c1-5-13-16-17-14(18(13)15)19-8-12-10(3)6-9(2)7-11(12)4/h6-7H,5,8,15H2,1-4H3. The molecule has 0 amide bonds. The summed E-state index contributed by atoms with van der Waals surface area (Å²) in [5, 5.41) is 8.98. The zero-order chi connectivity index (χ0) is 14.0. The number of hydrogen-bond donors (Lipinski definition) is 1. The first-order chi connectivity index (χ1) is 9.02. The topological polar surface area (TPSA) is 56.7 Å². The Morgan fingerprint density at radius 3 is 2.32 bits per heavy atom. The van der Waals surface area contributed by atoms with Gasteiger partial charge in [-0.2, -0.15) is 0 Å². The van der Waals surface area contributed by atoms with Gasteiger partial charge in [-0.3, -0.25) is 0 Å². The summed E-state index contributed by atoms with van der Waals surface area (Å²) >= 11 is 1.63. The summed E-state index contributed by atoms with van der Waals surface area (Å²) in [5.74, 6) is 7.64. The monoisotopic (exact) mass is 276 g/mol. The van der Waals surface area contributed by atoms with Crippen molar-refractivity contribution in [1.82, 2.24) is 14.9 Å². The predicted molar refractivity (Wildman–Crippen MR) is 79.8 cm³/mol. The third-order valence-electron chi connectivity index (χ3n) is 3.24. The molecule has 2 aromatic rings. The number of rotatable bonds is 4. The number of thioether (sulfide) groups is 1. The van der Waals surface area contributed by atoms with Crippen LogP contribution in [0.15, 0.2) is 17.3 Å². The molecule has 2 N–H and O–H groups in total. The van der Waals surface area contributed by atoms with Crippen LogP contribution in [0.1, 0.15) is 35.0 Å². The van der Waals surface area contributed by atoms with Crippen LogP contribution in [0.25, 0.3) is 0 Å². The third-order valence-corrected chi connectivity index (χ3v) is 4.21. The van der Waals surface area contributed by atoms with Gasteiger partial charge in [-0.15, -0.1) is 10.2 Å². The average molecular weight is 276 g/mol. The molecule has 0 atom stereocenters. The Labute approximate surface area is 118 Å². The maximum absolute atomic E-state index is 5.95. The van der Waals surface area contributed by atoms with Crippen molar-refractivity contribution in [3.8, 4) is 0 Å². The predicted octanol–water partition coefficient (Wildman–Crippen LogP) is 2.77. The van der Waals surface area contributed by atoms with E-state index >= 15 is 0 Å². The minimum absolute atomic E-state index is 0.774. The minimum Gasteiger partial charge on any atom is -0.336 e. The van der Waals surface area contributed by atoms with Crippen LogP contribution in [0.4, 0.5) is 0 Å². The number of aryl methyl sites for hydroxylation is 4. The van der Waals surface area contributed by atoms with Gasteiger partial charge in [0.2, 0.25) is 5.16 Å². The van der Waals surface area contributed by atoms with Gasteiger partial charge >= 0.3 is 0 Å². The highest BCUT2D eigenvalue weighted by Gasteiger charge is 2.10. The summed E-state index contributed by atoms with van der Waals surface area (Å²) < 4.78 is 1.59. The number of aromatic nitrogens is 3. The van der Waals surface area contributed by atoms with Gasteiger partial charge in [-0.25, -0.2) is 4.68 Å². The quantitative estimate of drug-likeness (QED) is 0.689. The van der Waals surface area contributed by atoms with E-state index in [0.29, 0.717) is 0 Å². The molecule has 5 heteroatoms. The van der Waals surface area contributed by atoms with E-state index in [1.165, 1.54) is 22.3 Å². The van der Waals surface area contributed by atoms with Crippen molar-refractivity contribution >= 4 is 11.8 Å². The second-order valence-electron chi connectivity index (χ2n) is 4.79. The molecular weight excluding hydrogens is 256 g/mol. The van der Waals surface area contributed by atoms with Crippen molar-refractivity contribution in [2.75, 3.05) is 5.84 Å². The summed E-state index contributed by atoms with van der Waals surface area (Å²) in [6.07, 6.45) is 0.798. The van der Waals surface area contributed by atoms with Gasteiger partial charge in [0.1, 0.15) is 0 Å². The first-order valence-corrected chi connectivity index (χ1v) is 7.40. The fourth-order valence-corrected chi connectivity index (χ4v) is 3.29. The molecule has 0 aliphatic carbocycles. The lowest BCUT2D eigenvalue weighted by atomic mass is 10.0. The van der Waals surface area contributed by atoms with Gasteiger partial charge in [-0.05, 0) is 37.5 Å².